The highest BCUT2D eigenvalue weighted by molar-refractivity contribution is 7.10. The highest BCUT2D eigenvalue weighted by Gasteiger charge is 2.15. The van der Waals surface area contributed by atoms with Crippen LogP contribution in [0.3, 0.4) is 0 Å². The van der Waals surface area contributed by atoms with E-state index in [0.29, 0.717) is 12.1 Å². The van der Waals surface area contributed by atoms with E-state index >= 15 is 0 Å². The second-order valence-electron chi connectivity index (χ2n) is 4.42. The average molecular weight is 239 g/mol. The highest BCUT2D eigenvalue weighted by Crippen LogP contribution is 2.24. The van der Waals surface area contributed by atoms with Gasteiger partial charge in [-0.1, -0.05) is 39.7 Å². The standard InChI is InChI=1S/C14H25NS/c1-4-8-12(6-3)15-13(9-5-2)14-10-7-11-16-14/h7,10-13,15H,4-6,8-9H2,1-3H3. The van der Waals surface area contributed by atoms with Crippen molar-refractivity contribution in [3.63, 3.8) is 0 Å². The molecule has 1 N–H and O–H groups in total. The van der Waals surface area contributed by atoms with Gasteiger partial charge in [0.25, 0.3) is 0 Å². The minimum atomic E-state index is 0.571. The summed E-state index contributed by atoms with van der Waals surface area (Å²) in [6, 6.07) is 5.67. The fourth-order valence-corrected chi connectivity index (χ4v) is 2.95. The third-order valence-electron chi connectivity index (χ3n) is 3.03. The Morgan fingerprint density at radius 2 is 1.94 bits per heavy atom. The molecule has 0 aliphatic heterocycles. The van der Waals surface area contributed by atoms with Gasteiger partial charge in [0.15, 0.2) is 0 Å². The Morgan fingerprint density at radius 3 is 2.44 bits per heavy atom. The van der Waals surface area contributed by atoms with Gasteiger partial charge >= 0.3 is 0 Å². The summed E-state index contributed by atoms with van der Waals surface area (Å²) >= 11 is 1.88. The second-order valence-corrected chi connectivity index (χ2v) is 5.40. The molecule has 0 saturated heterocycles. The van der Waals surface area contributed by atoms with E-state index in [9.17, 15) is 0 Å². The molecule has 0 spiro atoms. The Kier molecular flexibility index (Phi) is 6.74. The molecule has 1 aromatic rings. The topological polar surface area (TPSA) is 12.0 Å². The van der Waals surface area contributed by atoms with Gasteiger partial charge in [-0.25, -0.2) is 0 Å². The molecular formula is C14H25NS. The second kappa shape index (κ2) is 7.86. The van der Waals surface area contributed by atoms with Gasteiger partial charge in [0.2, 0.25) is 0 Å². The summed E-state index contributed by atoms with van der Waals surface area (Å²) < 4.78 is 0. The number of thiophene rings is 1. The molecule has 16 heavy (non-hydrogen) atoms. The van der Waals surface area contributed by atoms with Crippen molar-refractivity contribution < 1.29 is 0 Å². The van der Waals surface area contributed by atoms with Gasteiger partial charge in [-0.3, -0.25) is 0 Å². The highest BCUT2D eigenvalue weighted by atomic mass is 32.1. The third kappa shape index (κ3) is 4.26. The van der Waals surface area contributed by atoms with Crippen LogP contribution in [-0.2, 0) is 0 Å². The van der Waals surface area contributed by atoms with Crippen LogP contribution in [0, 0.1) is 0 Å². The Balaban J connectivity index is 2.56. The molecule has 0 aliphatic carbocycles. The fourth-order valence-electron chi connectivity index (χ4n) is 2.12. The molecule has 2 unspecified atom stereocenters. The van der Waals surface area contributed by atoms with Crippen LogP contribution in [0.1, 0.15) is 63.8 Å². The quantitative estimate of drug-likeness (QED) is 0.690. The monoisotopic (exact) mass is 239 g/mol. The Bertz CT molecular complexity index is 256. The Hall–Kier alpha value is -0.340. The summed E-state index contributed by atoms with van der Waals surface area (Å²) in [4.78, 5) is 1.50. The van der Waals surface area contributed by atoms with Gasteiger partial charge in [0.05, 0.1) is 0 Å². The van der Waals surface area contributed by atoms with Crippen LogP contribution >= 0.6 is 11.3 Å². The van der Waals surface area contributed by atoms with Crippen LogP contribution in [-0.4, -0.2) is 6.04 Å². The van der Waals surface area contributed by atoms with E-state index in [-0.39, 0.29) is 0 Å². The first kappa shape index (κ1) is 13.7. The summed E-state index contributed by atoms with van der Waals surface area (Å²) in [5, 5.41) is 6.00. The van der Waals surface area contributed by atoms with Crippen LogP contribution in [0.25, 0.3) is 0 Å². The van der Waals surface area contributed by atoms with E-state index in [0.717, 1.165) is 0 Å². The van der Waals surface area contributed by atoms with Crippen LogP contribution < -0.4 is 5.32 Å². The predicted molar refractivity (Wildman–Crippen MR) is 74.1 cm³/mol. The van der Waals surface area contributed by atoms with E-state index < -0.39 is 0 Å². The molecule has 0 aliphatic rings. The first-order valence-corrected chi connectivity index (χ1v) is 7.49. The molecule has 2 atom stereocenters. The lowest BCUT2D eigenvalue weighted by atomic mass is 10.0. The molecule has 2 heteroatoms. The predicted octanol–water partition coefficient (Wildman–Crippen LogP) is 4.76. The molecule has 1 aromatic heterocycles. The van der Waals surface area contributed by atoms with E-state index in [1.807, 2.05) is 11.3 Å². The van der Waals surface area contributed by atoms with Crippen molar-refractivity contribution in [3.8, 4) is 0 Å². The van der Waals surface area contributed by atoms with Crippen molar-refractivity contribution in [3.05, 3.63) is 22.4 Å². The van der Waals surface area contributed by atoms with Gasteiger partial charge in [0.1, 0.15) is 0 Å². The van der Waals surface area contributed by atoms with Gasteiger partial charge in [-0.05, 0) is 30.7 Å². The molecule has 0 bridgehead atoms. The largest absolute Gasteiger partial charge is 0.306 e. The van der Waals surface area contributed by atoms with Gasteiger partial charge in [0, 0.05) is 17.0 Å². The van der Waals surface area contributed by atoms with Crippen LogP contribution in [0.2, 0.25) is 0 Å². The van der Waals surface area contributed by atoms with E-state index in [2.05, 4.69) is 43.6 Å². The van der Waals surface area contributed by atoms with Crippen LogP contribution in [0.4, 0.5) is 0 Å². The van der Waals surface area contributed by atoms with E-state index in [4.69, 9.17) is 0 Å². The van der Waals surface area contributed by atoms with Crippen LogP contribution in [0.5, 0.6) is 0 Å². The first-order valence-electron chi connectivity index (χ1n) is 6.61. The Labute approximate surface area is 104 Å². The normalized spacial score (nSPS) is 14.9. The van der Waals surface area contributed by atoms with Crippen molar-refractivity contribution in [1.29, 1.82) is 0 Å². The smallest absolute Gasteiger partial charge is 0.0416 e. The summed E-state index contributed by atoms with van der Waals surface area (Å²) in [6.45, 7) is 6.82. The lowest BCUT2D eigenvalue weighted by molar-refractivity contribution is 0.388. The molecule has 0 radical (unpaired) electrons. The molecule has 0 aromatic carbocycles. The molecule has 0 saturated carbocycles. The van der Waals surface area contributed by atoms with Gasteiger partial charge < -0.3 is 5.32 Å². The van der Waals surface area contributed by atoms with Crippen molar-refractivity contribution >= 4 is 11.3 Å². The fraction of sp³-hybridized carbons (Fsp3) is 0.714. The molecule has 0 amide bonds. The summed E-state index contributed by atoms with van der Waals surface area (Å²) in [7, 11) is 0. The Morgan fingerprint density at radius 1 is 1.19 bits per heavy atom. The lowest BCUT2D eigenvalue weighted by Gasteiger charge is -2.24. The molecular weight excluding hydrogens is 214 g/mol. The van der Waals surface area contributed by atoms with Crippen molar-refractivity contribution in [1.82, 2.24) is 5.32 Å². The maximum atomic E-state index is 3.82. The van der Waals surface area contributed by atoms with E-state index in [1.165, 1.54) is 37.0 Å². The minimum Gasteiger partial charge on any atom is -0.306 e. The van der Waals surface area contributed by atoms with E-state index in [1.54, 1.807) is 0 Å². The first-order chi connectivity index (χ1) is 7.81. The zero-order valence-corrected chi connectivity index (χ0v) is 11.6. The summed E-state index contributed by atoms with van der Waals surface area (Å²) in [5.41, 5.74) is 0. The third-order valence-corrected chi connectivity index (χ3v) is 4.02. The maximum absolute atomic E-state index is 3.82. The van der Waals surface area contributed by atoms with Crippen molar-refractivity contribution in [2.24, 2.45) is 0 Å². The minimum absolute atomic E-state index is 0.571. The zero-order valence-electron chi connectivity index (χ0n) is 10.8. The summed E-state index contributed by atoms with van der Waals surface area (Å²) in [5.74, 6) is 0. The number of hydrogen-bond acceptors (Lipinski definition) is 2. The average Bonchev–Trinajstić information content (AvgIpc) is 2.81. The number of nitrogens with one attached hydrogen (secondary N) is 1. The molecule has 1 heterocycles. The number of hydrogen-bond donors (Lipinski definition) is 1. The number of rotatable bonds is 8. The maximum Gasteiger partial charge on any atom is 0.0416 e. The summed E-state index contributed by atoms with van der Waals surface area (Å²) in [6.07, 6.45) is 6.30. The molecule has 92 valence electrons. The van der Waals surface area contributed by atoms with Crippen LogP contribution in [0.15, 0.2) is 17.5 Å². The van der Waals surface area contributed by atoms with Gasteiger partial charge in [-0.2, -0.15) is 0 Å². The van der Waals surface area contributed by atoms with Crippen molar-refractivity contribution in [2.75, 3.05) is 0 Å². The SMILES string of the molecule is CCCC(CC)NC(CCC)c1cccs1. The lowest BCUT2D eigenvalue weighted by Crippen LogP contribution is -2.31. The molecule has 0 fully saturated rings. The molecule has 1 nitrogen and oxygen atoms in total. The van der Waals surface area contributed by atoms with Gasteiger partial charge in [-0.15, -0.1) is 11.3 Å². The molecule has 1 rings (SSSR count). The van der Waals surface area contributed by atoms with Crippen molar-refractivity contribution in [2.45, 2.75) is 65.0 Å². The zero-order chi connectivity index (χ0) is 11.8.